The maximum atomic E-state index is 12.1. The zero-order valence-electron chi connectivity index (χ0n) is 10.0. The van der Waals surface area contributed by atoms with Crippen LogP contribution in [0.1, 0.15) is 30.0 Å². The Morgan fingerprint density at radius 2 is 2.06 bits per heavy atom. The number of fused-ring (bicyclic) bond motifs is 1. The van der Waals surface area contributed by atoms with E-state index < -0.39 is 0 Å². The minimum absolute atomic E-state index is 0.0858. The number of pyridine rings is 1. The Labute approximate surface area is 99.4 Å². The summed E-state index contributed by atoms with van der Waals surface area (Å²) in [6, 6.07) is 5.49. The second-order valence-electron chi connectivity index (χ2n) is 4.73. The number of aromatic nitrogens is 1. The van der Waals surface area contributed by atoms with Gasteiger partial charge in [-0.1, -0.05) is 0 Å². The van der Waals surface area contributed by atoms with E-state index in [0.717, 1.165) is 22.5 Å². The third-order valence-electron chi connectivity index (χ3n) is 3.38. The van der Waals surface area contributed by atoms with Crippen LogP contribution in [0.4, 0.5) is 0 Å². The standard InChI is InChI=1S/C14H15NO2/c1-8-5-10(17-2)6-11-13(16)7-12(9-3-4-9)15-14(8)11/h5-7,9H,3-4H2,1-2H3,(H,15,16). The highest BCUT2D eigenvalue weighted by atomic mass is 16.5. The molecule has 3 nitrogen and oxygen atoms in total. The molecule has 0 saturated heterocycles. The van der Waals surface area contributed by atoms with Gasteiger partial charge in [0.05, 0.1) is 12.6 Å². The van der Waals surface area contributed by atoms with Crippen molar-refractivity contribution < 1.29 is 4.74 Å². The molecule has 0 amide bonds. The Balaban J connectivity index is 2.31. The van der Waals surface area contributed by atoms with E-state index in [1.165, 1.54) is 12.8 Å². The van der Waals surface area contributed by atoms with Crippen molar-refractivity contribution in [3.63, 3.8) is 0 Å². The lowest BCUT2D eigenvalue weighted by atomic mass is 10.1. The molecule has 0 unspecified atom stereocenters. The van der Waals surface area contributed by atoms with Crippen LogP contribution >= 0.6 is 0 Å². The Hall–Kier alpha value is -1.77. The van der Waals surface area contributed by atoms with Crippen molar-refractivity contribution >= 4 is 10.9 Å². The maximum absolute atomic E-state index is 12.1. The molecule has 1 saturated carbocycles. The van der Waals surface area contributed by atoms with Crippen molar-refractivity contribution in [2.45, 2.75) is 25.7 Å². The number of nitrogens with one attached hydrogen (secondary N) is 1. The van der Waals surface area contributed by atoms with Crippen LogP contribution in [0.25, 0.3) is 10.9 Å². The molecular weight excluding hydrogens is 214 g/mol. The topological polar surface area (TPSA) is 42.1 Å². The smallest absolute Gasteiger partial charge is 0.189 e. The molecule has 17 heavy (non-hydrogen) atoms. The molecule has 1 aromatic carbocycles. The fourth-order valence-electron chi connectivity index (χ4n) is 2.25. The number of hydrogen-bond acceptors (Lipinski definition) is 2. The van der Waals surface area contributed by atoms with E-state index in [9.17, 15) is 4.79 Å². The Morgan fingerprint density at radius 1 is 1.29 bits per heavy atom. The van der Waals surface area contributed by atoms with Gasteiger partial charge in [0.1, 0.15) is 5.75 Å². The fourth-order valence-corrected chi connectivity index (χ4v) is 2.25. The van der Waals surface area contributed by atoms with Gasteiger partial charge in [0.25, 0.3) is 0 Å². The van der Waals surface area contributed by atoms with E-state index in [1.54, 1.807) is 19.2 Å². The summed E-state index contributed by atoms with van der Waals surface area (Å²) in [6.45, 7) is 2.00. The average molecular weight is 229 g/mol. The van der Waals surface area contributed by atoms with Gasteiger partial charge in [0, 0.05) is 17.1 Å². The summed E-state index contributed by atoms with van der Waals surface area (Å²) in [7, 11) is 1.62. The minimum Gasteiger partial charge on any atom is -0.497 e. The summed E-state index contributed by atoms with van der Waals surface area (Å²) in [5.74, 6) is 1.30. The Kier molecular flexibility index (Phi) is 2.21. The fraction of sp³-hybridized carbons (Fsp3) is 0.357. The lowest BCUT2D eigenvalue weighted by Crippen LogP contribution is -2.06. The molecular formula is C14H15NO2. The minimum atomic E-state index is 0.0858. The van der Waals surface area contributed by atoms with Crippen LogP contribution in [-0.2, 0) is 0 Å². The predicted octanol–water partition coefficient (Wildman–Crippen LogP) is 2.72. The van der Waals surface area contributed by atoms with Crippen LogP contribution in [0.15, 0.2) is 23.0 Å². The zero-order chi connectivity index (χ0) is 12.0. The number of benzene rings is 1. The molecule has 0 atom stereocenters. The largest absolute Gasteiger partial charge is 0.497 e. The number of aromatic amines is 1. The Morgan fingerprint density at radius 3 is 2.71 bits per heavy atom. The third-order valence-corrected chi connectivity index (χ3v) is 3.38. The lowest BCUT2D eigenvalue weighted by molar-refractivity contribution is 0.415. The van der Waals surface area contributed by atoms with Gasteiger partial charge in [-0.3, -0.25) is 4.79 Å². The number of rotatable bonds is 2. The average Bonchev–Trinajstić information content (AvgIpc) is 3.13. The lowest BCUT2D eigenvalue weighted by Gasteiger charge is -2.08. The molecule has 1 aromatic heterocycles. The summed E-state index contributed by atoms with van der Waals surface area (Å²) in [5, 5.41) is 0.714. The highest BCUT2D eigenvalue weighted by Gasteiger charge is 2.25. The van der Waals surface area contributed by atoms with Crippen LogP contribution in [0.2, 0.25) is 0 Å². The second-order valence-corrected chi connectivity index (χ2v) is 4.73. The summed E-state index contributed by atoms with van der Waals surface area (Å²) in [5.41, 5.74) is 3.16. The molecule has 1 aliphatic carbocycles. The molecule has 1 heterocycles. The number of aryl methyl sites for hydroxylation is 1. The predicted molar refractivity (Wildman–Crippen MR) is 67.8 cm³/mol. The number of ether oxygens (including phenoxy) is 1. The summed E-state index contributed by atoms with van der Waals surface area (Å²) >= 11 is 0. The van der Waals surface area contributed by atoms with Crippen LogP contribution in [0, 0.1) is 6.92 Å². The number of hydrogen-bond donors (Lipinski definition) is 1. The number of H-pyrrole nitrogens is 1. The second kappa shape index (κ2) is 3.62. The normalized spacial score (nSPS) is 15.2. The Bertz CT molecular complexity index is 638. The van der Waals surface area contributed by atoms with Crippen molar-refractivity contribution in [1.29, 1.82) is 0 Å². The van der Waals surface area contributed by atoms with Crippen molar-refractivity contribution in [1.82, 2.24) is 4.98 Å². The van der Waals surface area contributed by atoms with Gasteiger partial charge in [-0.25, -0.2) is 0 Å². The molecule has 0 radical (unpaired) electrons. The first-order valence-electron chi connectivity index (χ1n) is 5.90. The van der Waals surface area contributed by atoms with E-state index in [1.807, 2.05) is 13.0 Å². The highest BCUT2D eigenvalue weighted by Crippen LogP contribution is 2.39. The molecule has 88 valence electrons. The van der Waals surface area contributed by atoms with Gasteiger partial charge in [-0.15, -0.1) is 0 Å². The van der Waals surface area contributed by atoms with Gasteiger partial charge >= 0.3 is 0 Å². The molecule has 2 aromatic rings. The summed E-state index contributed by atoms with van der Waals surface area (Å²) in [6.07, 6.45) is 2.38. The van der Waals surface area contributed by atoms with E-state index >= 15 is 0 Å². The van der Waals surface area contributed by atoms with Crippen molar-refractivity contribution in [2.24, 2.45) is 0 Å². The highest BCUT2D eigenvalue weighted by molar-refractivity contribution is 5.83. The quantitative estimate of drug-likeness (QED) is 0.860. The van der Waals surface area contributed by atoms with Crippen molar-refractivity contribution in [3.8, 4) is 5.75 Å². The first-order valence-corrected chi connectivity index (χ1v) is 5.90. The zero-order valence-corrected chi connectivity index (χ0v) is 10.0. The van der Waals surface area contributed by atoms with E-state index in [2.05, 4.69) is 4.98 Å². The van der Waals surface area contributed by atoms with E-state index in [0.29, 0.717) is 11.3 Å². The van der Waals surface area contributed by atoms with Gasteiger partial charge in [-0.05, 0) is 43.4 Å². The van der Waals surface area contributed by atoms with Gasteiger partial charge in [-0.2, -0.15) is 0 Å². The molecule has 0 spiro atoms. The van der Waals surface area contributed by atoms with Crippen molar-refractivity contribution in [3.05, 3.63) is 39.7 Å². The maximum Gasteiger partial charge on any atom is 0.189 e. The molecule has 3 rings (SSSR count). The van der Waals surface area contributed by atoms with E-state index in [4.69, 9.17) is 4.74 Å². The first kappa shape index (κ1) is 10.4. The van der Waals surface area contributed by atoms with Gasteiger partial charge in [0.15, 0.2) is 5.43 Å². The van der Waals surface area contributed by atoms with E-state index in [-0.39, 0.29) is 5.43 Å². The molecule has 0 bridgehead atoms. The summed E-state index contributed by atoms with van der Waals surface area (Å²) < 4.78 is 5.20. The van der Waals surface area contributed by atoms with Crippen LogP contribution in [-0.4, -0.2) is 12.1 Å². The van der Waals surface area contributed by atoms with Crippen LogP contribution in [0.3, 0.4) is 0 Å². The van der Waals surface area contributed by atoms with Crippen LogP contribution in [0.5, 0.6) is 5.75 Å². The SMILES string of the molecule is COc1cc(C)c2[nH]c(C3CC3)cc(=O)c2c1. The third kappa shape index (κ3) is 1.71. The molecule has 1 N–H and O–H groups in total. The number of methoxy groups -OCH3 is 1. The molecule has 1 aliphatic rings. The molecule has 3 heteroatoms. The first-order chi connectivity index (χ1) is 8.19. The van der Waals surface area contributed by atoms with Crippen LogP contribution < -0.4 is 10.2 Å². The molecule has 1 fully saturated rings. The molecule has 0 aliphatic heterocycles. The van der Waals surface area contributed by atoms with Crippen molar-refractivity contribution in [2.75, 3.05) is 7.11 Å². The van der Waals surface area contributed by atoms with Gasteiger partial charge in [0.2, 0.25) is 0 Å². The summed E-state index contributed by atoms with van der Waals surface area (Å²) in [4.78, 5) is 15.5. The van der Waals surface area contributed by atoms with Gasteiger partial charge < -0.3 is 9.72 Å². The monoisotopic (exact) mass is 229 g/mol.